The lowest BCUT2D eigenvalue weighted by molar-refractivity contribution is -0.149. The van der Waals surface area contributed by atoms with E-state index in [4.69, 9.17) is 9.47 Å². The molecule has 2 heterocycles. The summed E-state index contributed by atoms with van der Waals surface area (Å²) in [6, 6.07) is 0. The Kier molecular flexibility index (Phi) is 4.40. The molecule has 1 spiro atoms. The summed E-state index contributed by atoms with van der Waals surface area (Å²) in [4.78, 5) is 27.6. The molecule has 0 atom stereocenters. The van der Waals surface area contributed by atoms with Crippen molar-refractivity contribution in [1.29, 1.82) is 0 Å². The summed E-state index contributed by atoms with van der Waals surface area (Å²) in [5.41, 5.74) is -0.235. The van der Waals surface area contributed by atoms with E-state index in [-0.39, 0.29) is 12.1 Å². The number of nitrogens with zero attached hydrogens (tertiary/aromatic N) is 2. The van der Waals surface area contributed by atoms with Crippen LogP contribution in [0, 0.1) is 0 Å². The van der Waals surface area contributed by atoms with Crippen molar-refractivity contribution in [3.05, 3.63) is 11.8 Å². The van der Waals surface area contributed by atoms with Crippen molar-refractivity contribution in [2.24, 2.45) is 0 Å². The van der Waals surface area contributed by atoms with Gasteiger partial charge in [-0.25, -0.2) is 9.59 Å². The second-order valence-electron chi connectivity index (χ2n) is 7.33. The molecule has 2 rings (SSSR count). The Morgan fingerprint density at radius 3 is 2.41 bits per heavy atom. The maximum absolute atomic E-state index is 12.1. The minimum Gasteiger partial charge on any atom is -0.455 e. The summed E-state index contributed by atoms with van der Waals surface area (Å²) in [7, 11) is 3.77. The predicted octanol–water partition coefficient (Wildman–Crippen LogP) is 2.15. The van der Waals surface area contributed by atoms with Gasteiger partial charge in [0.25, 0.3) is 0 Å². The van der Waals surface area contributed by atoms with Gasteiger partial charge in [0.2, 0.25) is 0 Å². The van der Waals surface area contributed by atoms with Gasteiger partial charge >= 0.3 is 12.1 Å². The molecule has 0 radical (unpaired) electrons. The summed E-state index contributed by atoms with van der Waals surface area (Å²) >= 11 is 0. The number of amides is 1. The molecule has 2 saturated heterocycles. The Bertz CT molecular complexity index is 483. The fourth-order valence-corrected chi connectivity index (χ4v) is 2.83. The van der Waals surface area contributed by atoms with E-state index in [9.17, 15) is 9.59 Å². The molecule has 0 aromatic carbocycles. The van der Waals surface area contributed by atoms with Gasteiger partial charge in [0.05, 0.1) is 5.57 Å². The number of carbonyl (C=O) groups is 2. The summed E-state index contributed by atoms with van der Waals surface area (Å²) in [5.74, 6) is -0.237. The molecule has 124 valence electrons. The van der Waals surface area contributed by atoms with Gasteiger partial charge in [-0.05, 0) is 20.8 Å². The molecule has 0 saturated carbocycles. The molecule has 0 unspecified atom stereocenters. The summed E-state index contributed by atoms with van der Waals surface area (Å²) in [6.45, 7) is 6.67. The molecule has 0 aromatic heterocycles. The van der Waals surface area contributed by atoms with Crippen LogP contribution < -0.4 is 0 Å². The minimum atomic E-state index is -0.492. The first-order chi connectivity index (χ1) is 10.1. The smallest absolute Gasteiger partial charge is 0.410 e. The number of esters is 1. The Balaban J connectivity index is 1.95. The molecule has 6 heteroatoms. The normalized spacial score (nSPS) is 22.9. The molecule has 22 heavy (non-hydrogen) atoms. The van der Waals surface area contributed by atoms with Crippen LogP contribution in [0.1, 0.15) is 40.0 Å². The van der Waals surface area contributed by atoms with Crippen LogP contribution in [0.2, 0.25) is 0 Å². The summed E-state index contributed by atoms with van der Waals surface area (Å²) < 4.78 is 11.0. The van der Waals surface area contributed by atoms with Crippen molar-refractivity contribution in [2.45, 2.75) is 51.2 Å². The Morgan fingerprint density at radius 1 is 1.32 bits per heavy atom. The molecule has 6 nitrogen and oxygen atoms in total. The lowest BCUT2D eigenvalue weighted by Crippen LogP contribution is -2.48. The number of carbonyl (C=O) groups excluding carboxylic acids is 2. The third-order valence-electron chi connectivity index (χ3n) is 3.82. The predicted molar refractivity (Wildman–Crippen MR) is 82.3 cm³/mol. The minimum absolute atomic E-state index is 0.237. The standard InChI is InChI=1S/C16H26N2O4/c1-15(2,3)22-14(20)18-8-6-16(7-9-18)10-12(11-17(4)5)13(19)21-16/h11H,6-10H2,1-5H3. The van der Waals surface area contributed by atoms with Crippen molar-refractivity contribution in [3.63, 3.8) is 0 Å². The van der Waals surface area contributed by atoms with Crippen LogP contribution in [0.25, 0.3) is 0 Å². The van der Waals surface area contributed by atoms with Gasteiger partial charge in [-0.3, -0.25) is 0 Å². The van der Waals surface area contributed by atoms with Crippen LogP contribution in [-0.2, 0) is 14.3 Å². The van der Waals surface area contributed by atoms with E-state index in [0.29, 0.717) is 37.9 Å². The highest BCUT2D eigenvalue weighted by Crippen LogP contribution is 2.39. The SMILES string of the molecule is CN(C)C=C1CC2(CCN(C(=O)OC(C)(C)C)CC2)OC1=O. The van der Waals surface area contributed by atoms with Crippen molar-refractivity contribution < 1.29 is 19.1 Å². The molecule has 2 aliphatic rings. The van der Waals surface area contributed by atoms with E-state index in [2.05, 4.69) is 0 Å². The molecule has 2 fully saturated rings. The van der Waals surface area contributed by atoms with E-state index in [1.807, 2.05) is 46.0 Å². The summed E-state index contributed by atoms with van der Waals surface area (Å²) in [6.07, 6.45) is 3.45. The van der Waals surface area contributed by atoms with Crippen molar-refractivity contribution in [2.75, 3.05) is 27.2 Å². The van der Waals surface area contributed by atoms with Gasteiger partial charge in [-0.15, -0.1) is 0 Å². The average Bonchev–Trinajstić information content (AvgIpc) is 2.63. The number of hydrogen-bond acceptors (Lipinski definition) is 5. The largest absolute Gasteiger partial charge is 0.455 e. The van der Waals surface area contributed by atoms with Crippen LogP contribution in [-0.4, -0.2) is 60.2 Å². The highest BCUT2D eigenvalue weighted by atomic mass is 16.6. The lowest BCUT2D eigenvalue weighted by atomic mass is 9.87. The van der Waals surface area contributed by atoms with Crippen LogP contribution in [0.15, 0.2) is 11.8 Å². The Morgan fingerprint density at radius 2 is 1.91 bits per heavy atom. The van der Waals surface area contributed by atoms with Crippen molar-refractivity contribution in [1.82, 2.24) is 9.80 Å². The van der Waals surface area contributed by atoms with Gasteiger partial charge in [0, 0.05) is 52.6 Å². The molecule has 0 N–H and O–H groups in total. The fourth-order valence-electron chi connectivity index (χ4n) is 2.83. The van der Waals surface area contributed by atoms with Crippen LogP contribution >= 0.6 is 0 Å². The monoisotopic (exact) mass is 310 g/mol. The van der Waals surface area contributed by atoms with Gasteiger partial charge < -0.3 is 19.3 Å². The van der Waals surface area contributed by atoms with E-state index < -0.39 is 11.2 Å². The molecular formula is C16H26N2O4. The molecule has 0 aliphatic carbocycles. The topological polar surface area (TPSA) is 59.1 Å². The van der Waals surface area contributed by atoms with Crippen LogP contribution in [0.5, 0.6) is 0 Å². The van der Waals surface area contributed by atoms with Gasteiger partial charge in [0.15, 0.2) is 0 Å². The second kappa shape index (κ2) is 5.82. The first kappa shape index (κ1) is 16.6. The fraction of sp³-hybridized carbons (Fsp3) is 0.750. The molecule has 1 amide bonds. The first-order valence-electron chi connectivity index (χ1n) is 7.69. The molecule has 0 bridgehead atoms. The number of hydrogen-bond donors (Lipinski definition) is 0. The van der Waals surface area contributed by atoms with Gasteiger partial charge in [-0.2, -0.15) is 0 Å². The van der Waals surface area contributed by atoms with E-state index in [0.717, 1.165) is 0 Å². The Hall–Kier alpha value is -1.72. The van der Waals surface area contributed by atoms with Crippen molar-refractivity contribution in [3.8, 4) is 0 Å². The zero-order valence-electron chi connectivity index (χ0n) is 14.1. The lowest BCUT2D eigenvalue weighted by Gasteiger charge is -2.38. The zero-order chi connectivity index (χ0) is 16.5. The molecule has 2 aliphatic heterocycles. The first-order valence-corrected chi connectivity index (χ1v) is 7.69. The number of piperidine rings is 1. The number of ether oxygens (including phenoxy) is 2. The quantitative estimate of drug-likeness (QED) is 0.548. The average molecular weight is 310 g/mol. The van der Waals surface area contributed by atoms with Gasteiger partial charge in [0.1, 0.15) is 11.2 Å². The summed E-state index contributed by atoms with van der Waals surface area (Å²) in [5, 5.41) is 0. The highest BCUT2D eigenvalue weighted by Gasteiger charge is 2.46. The molecule has 0 aromatic rings. The van der Waals surface area contributed by atoms with E-state index in [1.165, 1.54) is 0 Å². The maximum atomic E-state index is 12.1. The Labute approximate surface area is 132 Å². The third-order valence-corrected chi connectivity index (χ3v) is 3.82. The number of rotatable bonds is 1. The second-order valence-corrected chi connectivity index (χ2v) is 7.33. The number of likely N-dealkylation sites (tertiary alicyclic amines) is 1. The van der Waals surface area contributed by atoms with Crippen molar-refractivity contribution >= 4 is 12.1 Å². The van der Waals surface area contributed by atoms with Gasteiger partial charge in [-0.1, -0.05) is 0 Å². The molecular weight excluding hydrogens is 284 g/mol. The van der Waals surface area contributed by atoms with E-state index >= 15 is 0 Å². The third kappa shape index (κ3) is 3.93. The van der Waals surface area contributed by atoms with E-state index in [1.54, 1.807) is 4.90 Å². The van der Waals surface area contributed by atoms with Crippen LogP contribution in [0.4, 0.5) is 4.79 Å². The van der Waals surface area contributed by atoms with Crippen LogP contribution in [0.3, 0.4) is 0 Å². The maximum Gasteiger partial charge on any atom is 0.410 e. The highest BCUT2D eigenvalue weighted by molar-refractivity contribution is 5.91. The zero-order valence-corrected chi connectivity index (χ0v) is 14.1.